The lowest BCUT2D eigenvalue weighted by molar-refractivity contribution is -0.127. The van der Waals surface area contributed by atoms with Crippen LogP contribution >= 0.6 is 22.7 Å². The molecule has 1 N–H and O–H groups in total. The fraction of sp³-hybridized carbons (Fsp3) is 0.375. The molecule has 4 nitrogen and oxygen atoms in total. The minimum Gasteiger partial charge on any atom is -0.478 e. The Morgan fingerprint density at radius 2 is 1.36 bits per heavy atom. The number of halogens is 6. The van der Waals surface area contributed by atoms with Crippen molar-refractivity contribution < 1.29 is 45.8 Å². The third-order valence-electron chi connectivity index (χ3n) is 2.81. The van der Waals surface area contributed by atoms with Crippen molar-refractivity contribution in [3.8, 4) is 0 Å². The summed E-state index contributed by atoms with van der Waals surface area (Å²) in [5.74, 6) is -1.79. The molecule has 0 spiro atoms. The fourth-order valence-electron chi connectivity index (χ4n) is 1.78. The van der Waals surface area contributed by atoms with Crippen molar-refractivity contribution in [1.29, 1.82) is 0 Å². The number of carboxylic acid groups (broad SMARTS) is 1. The van der Waals surface area contributed by atoms with Gasteiger partial charge in [0.2, 0.25) is 0 Å². The Labute approximate surface area is 163 Å². The minimum absolute atomic E-state index is 0.0184. The number of rotatable bonds is 5. The van der Waals surface area contributed by atoms with Crippen molar-refractivity contribution in [1.82, 2.24) is 0 Å². The molecule has 0 radical (unpaired) electrons. The molecule has 0 unspecified atom stereocenters. The number of carbonyl (C=O) groups excluding carboxylic acids is 1. The van der Waals surface area contributed by atoms with E-state index in [1.165, 1.54) is 16.8 Å². The molecule has 0 aliphatic carbocycles. The van der Waals surface area contributed by atoms with Gasteiger partial charge in [-0.2, -0.15) is 26.3 Å². The number of hydrogen-bond acceptors (Lipinski definition) is 5. The van der Waals surface area contributed by atoms with Gasteiger partial charge in [0, 0.05) is 20.5 Å². The molecule has 156 valence electrons. The third-order valence-corrected chi connectivity index (χ3v) is 4.69. The summed E-state index contributed by atoms with van der Waals surface area (Å²) in [5, 5.41) is 11.0. The molecule has 0 aliphatic rings. The van der Waals surface area contributed by atoms with Gasteiger partial charge in [-0.25, -0.2) is 9.59 Å². The second-order valence-corrected chi connectivity index (χ2v) is 7.20. The predicted octanol–water partition coefficient (Wildman–Crippen LogP) is 5.58. The van der Waals surface area contributed by atoms with Gasteiger partial charge in [0.1, 0.15) is 0 Å². The van der Waals surface area contributed by atoms with Gasteiger partial charge in [0.15, 0.2) is 0 Å². The third kappa shape index (κ3) is 9.22. The average molecular weight is 448 g/mol. The van der Waals surface area contributed by atoms with Crippen molar-refractivity contribution >= 4 is 34.6 Å². The van der Waals surface area contributed by atoms with Crippen LogP contribution in [0, 0.1) is 0 Å². The Hall–Kier alpha value is -2.08. The second-order valence-electron chi connectivity index (χ2n) is 5.21. The van der Waals surface area contributed by atoms with Gasteiger partial charge in [0.25, 0.3) is 0 Å². The zero-order chi connectivity index (χ0) is 21.5. The topological polar surface area (TPSA) is 63.6 Å². The molecular weight excluding hydrogens is 434 g/mol. The monoisotopic (exact) mass is 448 g/mol. The summed E-state index contributed by atoms with van der Waals surface area (Å²) in [6, 6.07) is 2.26. The number of alkyl halides is 6. The molecule has 2 rings (SSSR count). The highest BCUT2D eigenvalue weighted by Crippen LogP contribution is 2.26. The molecule has 2 aromatic rings. The van der Waals surface area contributed by atoms with E-state index in [0.29, 0.717) is 0 Å². The number of hydrogen-bond donors (Lipinski definition) is 1. The number of aromatic carboxylic acids is 1. The molecule has 0 atom stereocenters. The van der Waals surface area contributed by atoms with Crippen molar-refractivity contribution in [2.24, 2.45) is 0 Å². The highest BCUT2D eigenvalue weighted by molar-refractivity contribution is 7.10. The summed E-state index contributed by atoms with van der Waals surface area (Å²) in [6.07, 6.45) is -10.6. The molecule has 12 heteroatoms. The van der Waals surface area contributed by atoms with E-state index in [4.69, 9.17) is 5.11 Å². The summed E-state index contributed by atoms with van der Waals surface area (Å²) in [4.78, 5) is 21.6. The lowest BCUT2D eigenvalue weighted by atomic mass is 10.2. The van der Waals surface area contributed by atoms with Gasteiger partial charge in [-0.3, -0.25) is 0 Å². The second kappa shape index (κ2) is 9.92. The van der Waals surface area contributed by atoms with E-state index in [9.17, 15) is 35.9 Å². The number of carbonyl (C=O) groups is 2. The van der Waals surface area contributed by atoms with Gasteiger partial charge in [0.05, 0.1) is 30.6 Å². The first-order chi connectivity index (χ1) is 12.8. The van der Waals surface area contributed by atoms with Crippen LogP contribution in [0.3, 0.4) is 0 Å². The Morgan fingerprint density at radius 3 is 1.71 bits per heavy atom. The van der Waals surface area contributed by atoms with Crippen LogP contribution in [0.5, 0.6) is 0 Å². The number of esters is 1. The number of ether oxygens (including phenoxy) is 1. The van der Waals surface area contributed by atoms with Crippen LogP contribution in [0.25, 0.3) is 0 Å². The molecule has 0 saturated heterocycles. The SMILES string of the molecule is CCOC(=O)c1csc(CC(F)(F)F)c1.O=C(O)c1csc(CC(F)(F)F)c1. The van der Waals surface area contributed by atoms with Gasteiger partial charge < -0.3 is 9.84 Å². The van der Waals surface area contributed by atoms with Crippen molar-refractivity contribution in [3.05, 3.63) is 43.8 Å². The molecular formula is C16H14F6O4S2. The lowest BCUT2D eigenvalue weighted by Crippen LogP contribution is -2.10. The van der Waals surface area contributed by atoms with Crippen LogP contribution in [-0.4, -0.2) is 36.0 Å². The van der Waals surface area contributed by atoms with Gasteiger partial charge in [-0.15, -0.1) is 22.7 Å². The van der Waals surface area contributed by atoms with E-state index in [1.54, 1.807) is 6.92 Å². The Kier molecular flexibility index (Phi) is 8.48. The Morgan fingerprint density at radius 1 is 0.929 bits per heavy atom. The number of thiophene rings is 2. The van der Waals surface area contributed by atoms with E-state index in [-0.39, 0.29) is 27.5 Å². The first kappa shape index (κ1) is 24.0. The molecule has 0 aromatic carbocycles. The molecule has 2 aromatic heterocycles. The van der Waals surface area contributed by atoms with Gasteiger partial charge >= 0.3 is 24.3 Å². The zero-order valence-corrected chi connectivity index (χ0v) is 15.8. The number of carboxylic acids is 1. The van der Waals surface area contributed by atoms with Crippen LogP contribution < -0.4 is 0 Å². The summed E-state index contributed by atoms with van der Waals surface area (Å²) in [5.41, 5.74) is 0.0883. The molecule has 0 saturated carbocycles. The fourth-order valence-corrected chi connectivity index (χ4v) is 3.55. The van der Waals surface area contributed by atoms with E-state index in [2.05, 4.69) is 4.74 Å². The lowest BCUT2D eigenvalue weighted by Gasteiger charge is -2.02. The van der Waals surface area contributed by atoms with Gasteiger partial charge in [-0.1, -0.05) is 0 Å². The Balaban J connectivity index is 0.000000283. The smallest absolute Gasteiger partial charge is 0.393 e. The Bertz CT molecular complexity index is 792. The van der Waals surface area contributed by atoms with Crippen molar-refractivity contribution in [3.63, 3.8) is 0 Å². The predicted molar refractivity (Wildman–Crippen MR) is 91.1 cm³/mol. The van der Waals surface area contributed by atoms with Gasteiger partial charge in [-0.05, 0) is 19.1 Å². The van der Waals surface area contributed by atoms with Crippen LogP contribution in [0.15, 0.2) is 22.9 Å². The van der Waals surface area contributed by atoms with E-state index in [1.807, 2.05) is 0 Å². The molecule has 0 fully saturated rings. The van der Waals surface area contributed by atoms with Crippen LogP contribution in [-0.2, 0) is 17.6 Å². The quantitative estimate of drug-likeness (QED) is 0.479. The maximum Gasteiger partial charge on any atom is 0.393 e. The maximum absolute atomic E-state index is 12.0. The average Bonchev–Trinajstić information content (AvgIpc) is 3.14. The van der Waals surface area contributed by atoms with Crippen molar-refractivity contribution in [2.45, 2.75) is 32.1 Å². The van der Waals surface area contributed by atoms with E-state index >= 15 is 0 Å². The normalized spacial score (nSPS) is 11.5. The summed E-state index contributed by atoms with van der Waals surface area (Å²) in [6.45, 7) is 1.85. The standard InChI is InChI=1S/C9H9F3O2S.C7H5F3O2S/c1-2-14-8(13)6-3-7(15-5-6)4-9(10,11)12;8-7(9,10)2-5-1-4(3-13-5)6(11)12/h3,5H,2,4H2,1H3;1,3H,2H2,(H,11,12). The molecule has 0 bridgehead atoms. The molecule has 28 heavy (non-hydrogen) atoms. The molecule has 2 heterocycles. The van der Waals surface area contributed by atoms with E-state index < -0.39 is 37.1 Å². The highest BCUT2D eigenvalue weighted by atomic mass is 32.1. The summed E-state index contributed by atoms with van der Waals surface area (Å²) in [7, 11) is 0. The summed E-state index contributed by atoms with van der Waals surface area (Å²) < 4.78 is 76.1. The first-order valence-electron chi connectivity index (χ1n) is 7.49. The highest BCUT2D eigenvalue weighted by Gasteiger charge is 2.29. The van der Waals surface area contributed by atoms with Crippen LogP contribution in [0.4, 0.5) is 26.3 Å². The largest absolute Gasteiger partial charge is 0.478 e. The van der Waals surface area contributed by atoms with Crippen LogP contribution in [0.1, 0.15) is 37.4 Å². The molecule has 0 aliphatic heterocycles. The van der Waals surface area contributed by atoms with Crippen LogP contribution in [0.2, 0.25) is 0 Å². The maximum atomic E-state index is 12.0. The minimum atomic E-state index is -4.28. The summed E-state index contributed by atoms with van der Waals surface area (Å²) >= 11 is 1.71. The molecule has 0 amide bonds. The van der Waals surface area contributed by atoms with Crippen molar-refractivity contribution in [2.75, 3.05) is 6.61 Å². The van der Waals surface area contributed by atoms with E-state index in [0.717, 1.165) is 28.7 Å². The zero-order valence-electron chi connectivity index (χ0n) is 14.2. The first-order valence-corrected chi connectivity index (χ1v) is 9.25.